The number of fused-ring (bicyclic) bond motifs is 3. The van der Waals surface area contributed by atoms with Gasteiger partial charge < -0.3 is 0 Å². The number of carbonyl (C=O) groups excluding carboxylic acids is 2. The van der Waals surface area contributed by atoms with E-state index >= 15 is 8.78 Å². The fourth-order valence-electron chi connectivity index (χ4n) is 4.95. The number of nitrogens with zero attached hydrogens (tertiary/aromatic N) is 4. The molecule has 1 atom stereocenters. The minimum atomic E-state index is -0.658. The summed E-state index contributed by atoms with van der Waals surface area (Å²) in [4.78, 5) is 25.7. The number of aromatic nitrogens is 2. The van der Waals surface area contributed by atoms with Crippen LogP contribution in [0.5, 0.6) is 0 Å². The molecule has 0 spiro atoms. The van der Waals surface area contributed by atoms with E-state index in [1.165, 1.54) is 6.92 Å². The summed E-state index contributed by atoms with van der Waals surface area (Å²) in [5.74, 6) is -2.54. The molecule has 1 unspecified atom stereocenters. The van der Waals surface area contributed by atoms with Crippen molar-refractivity contribution < 1.29 is 18.4 Å². The van der Waals surface area contributed by atoms with Gasteiger partial charge in [0.1, 0.15) is 17.3 Å². The largest absolute Gasteiger partial charge is 0.294 e. The van der Waals surface area contributed by atoms with Crippen molar-refractivity contribution in [3.8, 4) is 5.69 Å². The summed E-state index contributed by atoms with van der Waals surface area (Å²) in [6.45, 7) is 1.40. The first kappa shape index (κ1) is 22.7. The number of anilines is 1. The van der Waals surface area contributed by atoms with Gasteiger partial charge in [-0.2, -0.15) is 15.2 Å². The molecule has 6 rings (SSSR count). The van der Waals surface area contributed by atoms with E-state index in [9.17, 15) is 9.59 Å². The van der Waals surface area contributed by atoms with Crippen LogP contribution in [0.1, 0.15) is 39.9 Å². The van der Waals surface area contributed by atoms with Crippen LogP contribution in [-0.2, 0) is 11.2 Å². The molecule has 0 fully saturated rings. The number of amides is 1. The Morgan fingerprint density at radius 2 is 1.73 bits per heavy atom. The van der Waals surface area contributed by atoms with Gasteiger partial charge in [-0.3, -0.25) is 9.59 Å². The molecule has 2 heterocycles. The summed E-state index contributed by atoms with van der Waals surface area (Å²) in [7, 11) is 0. The predicted octanol–water partition coefficient (Wildman–Crippen LogP) is 5.37. The summed E-state index contributed by atoms with van der Waals surface area (Å²) in [5.41, 5.74) is 2.76. The summed E-state index contributed by atoms with van der Waals surface area (Å²) >= 11 is 0. The molecule has 37 heavy (non-hydrogen) atoms. The second-order valence-corrected chi connectivity index (χ2v) is 8.96. The number of hydrazone groups is 1. The van der Waals surface area contributed by atoms with Crippen LogP contribution in [0.3, 0.4) is 0 Å². The van der Waals surface area contributed by atoms with Crippen molar-refractivity contribution in [3.05, 3.63) is 125 Å². The van der Waals surface area contributed by atoms with Crippen molar-refractivity contribution >= 4 is 23.1 Å². The van der Waals surface area contributed by atoms with Crippen LogP contribution in [0.25, 0.3) is 5.69 Å². The number of hydrogen-bond acceptors (Lipinski definition) is 4. The minimum absolute atomic E-state index is 0.0215. The third-order valence-electron chi connectivity index (χ3n) is 6.67. The third-order valence-corrected chi connectivity index (χ3v) is 6.67. The van der Waals surface area contributed by atoms with Gasteiger partial charge in [-0.1, -0.05) is 30.3 Å². The molecular formula is C29H20F2N4O2. The fourth-order valence-corrected chi connectivity index (χ4v) is 4.95. The molecule has 0 bridgehead atoms. The molecule has 1 aliphatic carbocycles. The van der Waals surface area contributed by atoms with Crippen LogP contribution in [0.2, 0.25) is 0 Å². The standard InChI is InChI=1S/C29H20F2N4O2/c1-17(36)21-5-2-3-6-25(21)35-29(37)22-16-19(26-23(30)11-12-24(31)27(26)28(22)33-35)15-18-7-9-20(10-8-18)34-14-4-13-32-34/h2-14,16,19H,15H2,1H3. The average molecular weight is 495 g/mol. The van der Waals surface area contributed by atoms with Crippen molar-refractivity contribution in [1.82, 2.24) is 9.78 Å². The number of carbonyl (C=O) groups is 2. The van der Waals surface area contributed by atoms with Crippen LogP contribution >= 0.6 is 0 Å². The van der Waals surface area contributed by atoms with Crippen LogP contribution in [0.4, 0.5) is 14.5 Å². The summed E-state index contributed by atoms with van der Waals surface area (Å²) in [6.07, 6.45) is 5.52. The lowest BCUT2D eigenvalue weighted by molar-refractivity contribution is -0.114. The van der Waals surface area contributed by atoms with Crippen molar-refractivity contribution in [2.24, 2.45) is 5.10 Å². The highest BCUT2D eigenvalue weighted by molar-refractivity contribution is 6.36. The van der Waals surface area contributed by atoms with Gasteiger partial charge in [0.2, 0.25) is 0 Å². The molecule has 6 nitrogen and oxygen atoms in total. The Morgan fingerprint density at radius 1 is 0.973 bits per heavy atom. The maximum absolute atomic E-state index is 15.2. The molecule has 0 radical (unpaired) electrons. The molecule has 0 N–H and O–H groups in total. The van der Waals surface area contributed by atoms with E-state index in [-0.39, 0.29) is 28.2 Å². The first-order valence-electron chi connectivity index (χ1n) is 11.7. The molecule has 1 amide bonds. The SMILES string of the molecule is CC(=O)c1ccccc1N1N=C2C(=CC(Cc3ccc(-n4cccn4)cc3)c3c(F)ccc(F)c32)C1=O. The summed E-state index contributed by atoms with van der Waals surface area (Å²) in [6, 6.07) is 18.2. The van der Waals surface area contributed by atoms with E-state index < -0.39 is 23.5 Å². The Bertz CT molecular complexity index is 1620. The van der Waals surface area contributed by atoms with Gasteiger partial charge in [-0.25, -0.2) is 13.5 Å². The summed E-state index contributed by atoms with van der Waals surface area (Å²) < 4.78 is 32.1. The number of benzene rings is 3. The zero-order valence-corrected chi connectivity index (χ0v) is 19.7. The lowest BCUT2D eigenvalue weighted by atomic mass is 9.79. The Labute approximate surface area is 211 Å². The van der Waals surface area contributed by atoms with Gasteiger partial charge in [-0.15, -0.1) is 0 Å². The van der Waals surface area contributed by atoms with E-state index in [1.807, 2.05) is 36.5 Å². The van der Waals surface area contributed by atoms with Crippen LogP contribution in [0.15, 0.2) is 95.9 Å². The minimum Gasteiger partial charge on any atom is -0.294 e. The fraction of sp³-hybridized carbons (Fsp3) is 0.103. The third kappa shape index (κ3) is 3.78. The zero-order chi connectivity index (χ0) is 25.7. The highest BCUT2D eigenvalue weighted by atomic mass is 19.1. The van der Waals surface area contributed by atoms with Gasteiger partial charge in [0.05, 0.1) is 16.9 Å². The molecule has 3 aromatic carbocycles. The van der Waals surface area contributed by atoms with Gasteiger partial charge in [0.25, 0.3) is 5.91 Å². The quantitative estimate of drug-likeness (QED) is 0.351. The number of halogens is 2. The lowest BCUT2D eigenvalue weighted by Gasteiger charge is -2.24. The molecular weight excluding hydrogens is 474 g/mol. The van der Waals surface area contributed by atoms with Gasteiger partial charge in [-0.05, 0) is 61.4 Å². The Morgan fingerprint density at radius 3 is 2.46 bits per heavy atom. The maximum atomic E-state index is 15.2. The topological polar surface area (TPSA) is 67.6 Å². The Balaban J connectivity index is 1.43. The summed E-state index contributed by atoms with van der Waals surface area (Å²) in [5, 5.41) is 9.71. The predicted molar refractivity (Wildman–Crippen MR) is 135 cm³/mol. The lowest BCUT2D eigenvalue weighted by Crippen LogP contribution is -2.25. The molecule has 1 aromatic heterocycles. The highest BCUT2D eigenvalue weighted by Crippen LogP contribution is 2.40. The smallest absolute Gasteiger partial charge is 0.280 e. The van der Waals surface area contributed by atoms with E-state index in [0.29, 0.717) is 17.7 Å². The second kappa shape index (κ2) is 8.74. The number of Topliss-reactive ketones (excluding diaryl/α,β-unsaturated/α-hetero) is 1. The number of allylic oxidation sites excluding steroid dienone is 1. The van der Waals surface area contributed by atoms with E-state index in [4.69, 9.17) is 0 Å². The molecule has 1 aliphatic heterocycles. The van der Waals surface area contributed by atoms with Crippen molar-refractivity contribution in [2.75, 3.05) is 5.01 Å². The molecule has 0 saturated carbocycles. The monoisotopic (exact) mass is 494 g/mol. The second-order valence-electron chi connectivity index (χ2n) is 8.96. The van der Waals surface area contributed by atoms with Crippen LogP contribution < -0.4 is 5.01 Å². The van der Waals surface area contributed by atoms with E-state index in [1.54, 1.807) is 41.2 Å². The highest BCUT2D eigenvalue weighted by Gasteiger charge is 2.40. The molecule has 8 heteroatoms. The van der Waals surface area contributed by atoms with Crippen molar-refractivity contribution in [1.29, 1.82) is 0 Å². The van der Waals surface area contributed by atoms with Gasteiger partial charge >= 0.3 is 0 Å². The molecule has 4 aromatic rings. The average Bonchev–Trinajstić information content (AvgIpc) is 3.55. The first-order valence-corrected chi connectivity index (χ1v) is 11.7. The van der Waals surface area contributed by atoms with E-state index in [2.05, 4.69) is 10.2 Å². The number of rotatable bonds is 5. The number of hydrogen-bond donors (Lipinski definition) is 0. The Kier molecular flexibility index (Phi) is 5.37. The normalized spacial score (nSPS) is 16.2. The number of ketones is 1. The Hall–Kier alpha value is -4.72. The van der Waals surface area contributed by atoms with Crippen molar-refractivity contribution in [3.63, 3.8) is 0 Å². The first-order chi connectivity index (χ1) is 17.9. The maximum Gasteiger partial charge on any atom is 0.280 e. The molecule has 0 saturated heterocycles. The van der Waals surface area contributed by atoms with Gasteiger partial charge in [0, 0.05) is 35.0 Å². The van der Waals surface area contributed by atoms with Crippen molar-refractivity contribution in [2.45, 2.75) is 19.3 Å². The molecule has 182 valence electrons. The number of para-hydroxylation sites is 1. The zero-order valence-electron chi connectivity index (χ0n) is 19.7. The van der Waals surface area contributed by atoms with Crippen LogP contribution in [-0.4, -0.2) is 27.2 Å². The van der Waals surface area contributed by atoms with E-state index in [0.717, 1.165) is 28.4 Å². The molecule has 2 aliphatic rings. The van der Waals surface area contributed by atoms with Crippen LogP contribution in [0, 0.1) is 11.6 Å². The van der Waals surface area contributed by atoms with Gasteiger partial charge in [0.15, 0.2) is 5.78 Å².